The van der Waals surface area contributed by atoms with Crippen molar-refractivity contribution in [2.75, 3.05) is 11.5 Å². The van der Waals surface area contributed by atoms with Gasteiger partial charge in [-0.25, -0.2) is 19.2 Å². The summed E-state index contributed by atoms with van der Waals surface area (Å²) in [6.07, 6.45) is 7.76. The number of nitrogens with zero attached hydrogens (tertiary/aromatic N) is 5. The Balaban J connectivity index is 1.25. The zero-order chi connectivity index (χ0) is 26.4. The summed E-state index contributed by atoms with van der Waals surface area (Å²) in [7, 11) is 0. The zero-order valence-electron chi connectivity index (χ0n) is 20.6. The van der Waals surface area contributed by atoms with E-state index in [1.807, 2.05) is 24.4 Å². The van der Waals surface area contributed by atoms with Gasteiger partial charge >= 0.3 is 5.69 Å². The van der Waals surface area contributed by atoms with E-state index in [4.69, 9.17) is 0 Å². The molecule has 198 valence electrons. The van der Waals surface area contributed by atoms with Gasteiger partial charge in [-0.05, 0) is 43.9 Å². The number of carbonyl (C=O) groups is 1. The molecule has 0 unspecified atom stereocenters. The van der Waals surface area contributed by atoms with Crippen molar-refractivity contribution in [1.82, 2.24) is 28.8 Å². The van der Waals surface area contributed by atoms with Crippen molar-refractivity contribution >= 4 is 33.8 Å². The van der Waals surface area contributed by atoms with Crippen LogP contribution in [0.1, 0.15) is 61.1 Å². The summed E-state index contributed by atoms with van der Waals surface area (Å²) in [6, 6.07) is 5.93. The number of fused-ring (bicyclic) bond motifs is 2. The molecule has 6 rings (SSSR count). The first-order chi connectivity index (χ1) is 18.4. The molecular formula is C26H27FN6O4S. The summed E-state index contributed by atoms with van der Waals surface area (Å²) in [5.74, 6) is 0.0274. The highest BCUT2D eigenvalue weighted by Crippen LogP contribution is 2.29. The van der Waals surface area contributed by atoms with Gasteiger partial charge in [0.1, 0.15) is 34.3 Å². The Bertz CT molecular complexity index is 1600. The van der Waals surface area contributed by atoms with Gasteiger partial charge in [-0.1, -0.05) is 17.2 Å². The fourth-order valence-corrected chi connectivity index (χ4v) is 6.95. The van der Waals surface area contributed by atoms with Gasteiger partial charge in [-0.3, -0.25) is 18.7 Å². The molecular weight excluding hydrogens is 511 g/mol. The number of hydrogen-bond acceptors (Lipinski definition) is 6. The zero-order valence-corrected chi connectivity index (χ0v) is 21.4. The highest BCUT2D eigenvalue weighted by Gasteiger charge is 2.31. The van der Waals surface area contributed by atoms with Crippen LogP contribution in [0, 0.1) is 5.82 Å². The van der Waals surface area contributed by atoms with E-state index in [2.05, 4.69) is 15.3 Å². The molecule has 4 aromatic heterocycles. The predicted molar refractivity (Wildman–Crippen MR) is 140 cm³/mol. The first-order valence-corrected chi connectivity index (χ1v) is 14.3. The number of amides is 1. The van der Waals surface area contributed by atoms with Crippen molar-refractivity contribution in [1.29, 1.82) is 0 Å². The molecule has 1 aliphatic heterocycles. The molecule has 1 aliphatic carbocycles. The number of pyridine rings is 2. The lowest BCUT2D eigenvalue weighted by molar-refractivity contribution is 0.0917. The Kier molecular flexibility index (Phi) is 6.52. The van der Waals surface area contributed by atoms with Gasteiger partial charge in [-0.2, -0.15) is 0 Å². The van der Waals surface area contributed by atoms with E-state index in [1.165, 1.54) is 9.13 Å². The van der Waals surface area contributed by atoms with Crippen molar-refractivity contribution in [3.8, 4) is 0 Å². The van der Waals surface area contributed by atoms with Crippen LogP contribution in [0.3, 0.4) is 0 Å². The molecule has 10 nitrogen and oxygen atoms in total. The summed E-state index contributed by atoms with van der Waals surface area (Å²) in [6.45, 7) is 0. The summed E-state index contributed by atoms with van der Waals surface area (Å²) in [5.41, 5.74) is 0.170. The number of imidazole rings is 1. The molecule has 38 heavy (non-hydrogen) atoms. The highest BCUT2D eigenvalue weighted by atomic mass is 32.2. The molecule has 0 atom stereocenters. The maximum Gasteiger partial charge on any atom is 0.333 e. The fourth-order valence-electron chi connectivity index (χ4n) is 5.68. The minimum Gasteiger partial charge on any atom is -0.616 e. The van der Waals surface area contributed by atoms with E-state index in [0.717, 1.165) is 12.3 Å². The molecule has 0 aromatic carbocycles. The lowest BCUT2D eigenvalue weighted by Gasteiger charge is -2.31. The molecule has 0 spiro atoms. The molecule has 1 saturated carbocycles. The van der Waals surface area contributed by atoms with Gasteiger partial charge < -0.3 is 14.3 Å². The minimum absolute atomic E-state index is 0.0681. The number of rotatable bonds is 4. The Morgan fingerprint density at radius 2 is 1.79 bits per heavy atom. The van der Waals surface area contributed by atoms with Crippen LogP contribution in [-0.4, -0.2) is 51.5 Å². The quantitative estimate of drug-likeness (QED) is 0.398. The lowest BCUT2D eigenvalue weighted by Crippen LogP contribution is -2.47. The van der Waals surface area contributed by atoms with Crippen LogP contribution in [0.25, 0.3) is 16.7 Å². The van der Waals surface area contributed by atoms with Crippen molar-refractivity contribution < 1.29 is 13.7 Å². The number of aromatic nitrogens is 5. The van der Waals surface area contributed by atoms with E-state index in [0.29, 0.717) is 61.4 Å². The number of hydrogen-bond donors (Lipinski definition) is 1. The van der Waals surface area contributed by atoms with Gasteiger partial charge in [0.15, 0.2) is 0 Å². The van der Waals surface area contributed by atoms with E-state index in [1.54, 1.807) is 10.6 Å². The predicted octanol–water partition coefficient (Wildman–Crippen LogP) is 2.34. The van der Waals surface area contributed by atoms with Gasteiger partial charge in [0, 0.05) is 43.4 Å². The van der Waals surface area contributed by atoms with Crippen molar-refractivity contribution in [3.63, 3.8) is 0 Å². The topological polar surface area (TPSA) is 126 Å². The number of nitrogens with one attached hydrogen (secondary N) is 1. The Morgan fingerprint density at radius 3 is 2.53 bits per heavy atom. The van der Waals surface area contributed by atoms with E-state index < -0.39 is 28.2 Å². The third kappa shape index (κ3) is 4.51. The summed E-state index contributed by atoms with van der Waals surface area (Å²) < 4.78 is 30.6. The molecule has 1 saturated heterocycles. The number of carbonyl (C=O) groups excluding carboxylic acids is 1. The smallest absolute Gasteiger partial charge is 0.333 e. The largest absolute Gasteiger partial charge is 0.616 e. The van der Waals surface area contributed by atoms with Crippen molar-refractivity contribution in [2.45, 2.75) is 56.7 Å². The van der Waals surface area contributed by atoms with Crippen LogP contribution >= 0.6 is 0 Å². The van der Waals surface area contributed by atoms with E-state index in [9.17, 15) is 23.3 Å². The van der Waals surface area contributed by atoms with Crippen molar-refractivity contribution in [2.24, 2.45) is 0 Å². The first-order valence-electron chi connectivity index (χ1n) is 12.8. The second kappa shape index (κ2) is 9.99. The Morgan fingerprint density at radius 1 is 1.05 bits per heavy atom. The van der Waals surface area contributed by atoms with Gasteiger partial charge in [0.05, 0.1) is 11.6 Å². The molecule has 0 bridgehead atoms. The monoisotopic (exact) mass is 538 g/mol. The summed E-state index contributed by atoms with van der Waals surface area (Å²) >= 11 is -0.925. The summed E-state index contributed by atoms with van der Waals surface area (Å²) in [4.78, 5) is 48.4. The van der Waals surface area contributed by atoms with Gasteiger partial charge in [0.2, 0.25) is 0 Å². The van der Waals surface area contributed by atoms with Gasteiger partial charge in [0.25, 0.3) is 11.5 Å². The second-order valence-electron chi connectivity index (χ2n) is 10.0. The summed E-state index contributed by atoms with van der Waals surface area (Å²) in [5, 5.41) is 3.10. The number of halogens is 1. The van der Waals surface area contributed by atoms with Gasteiger partial charge in [-0.15, -0.1) is 0 Å². The second-order valence-corrected chi connectivity index (χ2v) is 11.7. The van der Waals surface area contributed by atoms with Crippen LogP contribution in [0.2, 0.25) is 0 Å². The molecule has 2 aliphatic rings. The SMILES string of the molecule is O=C(N[C@H]1CC[C@@H](n2c(=O)c3cc(F)cnc3n(C3CC[S+]([O-])CC3)c2=O)CC1)c1cn2ccccc2n1. The highest BCUT2D eigenvalue weighted by molar-refractivity contribution is 7.91. The third-order valence-electron chi connectivity index (χ3n) is 7.64. The maximum absolute atomic E-state index is 14.1. The lowest BCUT2D eigenvalue weighted by atomic mass is 9.90. The minimum atomic E-state index is -0.925. The first kappa shape index (κ1) is 24.8. The average Bonchev–Trinajstić information content (AvgIpc) is 3.36. The standard InChI is InChI=1S/C26H27FN6O4S/c27-16-13-20-23(28-14-16)32(19-8-11-38(37)12-9-19)26(36)33(25(20)35)18-6-4-17(5-7-18)29-24(34)21-15-31-10-2-1-3-22(31)30-21/h1-3,10,13-15,17-19H,4-9,11-12H2,(H,29,34)/t17-,18+,19?,38?. The van der Waals surface area contributed by atoms with Crippen LogP contribution < -0.4 is 16.6 Å². The van der Waals surface area contributed by atoms with Crippen LogP contribution in [-0.2, 0) is 11.2 Å². The molecule has 1 N–H and O–H groups in total. The van der Waals surface area contributed by atoms with Crippen LogP contribution in [0.15, 0.2) is 52.4 Å². The van der Waals surface area contributed by atoms with E-state index in [-0.39, 0.29) is 35.1 Å². The van der Waals surface area contributed by atoms with Crippen LogP contribution in [0.5, 0.6) is 0 Å². The third-order valence-corrected chi connectivity index (χ3v) is 9.02. The normalized spacial score (nSPS) is 24.1. The molecule has 2 fully saturated rings. The molecule has 4 aromatic rings. The Labute approximate surface area is 219 Å². The van der Waals surface area contributed by atoms with Crippen molar-refractivity contribution in [3.05, 3.63) is 75.2 Å². The molecule has 5 heterocycles. The Hall–Kier alpha value is -3.51. The fraction of sp³-hybridized carbons (Fsp3) is 0.423. The average molecular weight is 539 g/mol. The molecule has 1 amide bonds. The maximum atomic E-state index is 14.1. The van der Waals surface area contributed by atoms with E-state index >= 15 is 0 Å². The molecule has 12 heteroatoms. The van der Waals surface area contributed by atoms with Crippen LogP contribution in [0.4, 0.5) is 4.39 Å². The molecule has 0 radical (unpaired) electrons.